The second-order valence-corrected chi connectivity index (χ2v) is 10.4. The second-order valence-electron chi connectivity index (χ2n) is 9.96. The van der Waals surface area contributed by atoms with E-state index in [1.165, 1.54) is 25.0 Å². The molecule has 36 heavy (non-hydrogen) atoms. The number of fused-ring (bicyclic) bond motifs is 3. The van der Waals surface area contributed by atoms with Crippen LogP contribution in [-0.4, -0.2) is 59.3 Å². The largest absolute Gasteiger partial charge is 0.366 e. The molecule has 2 fully saturated rings. The lowest BCUT2D eigenvalue weighted by Gasteiger charge is -2.34. The van der Waals surface area contributed by atoms with Crippen molar-refractivity contribution in [2.24, 2.45) is 11.7 Å². The highest BCUT2D eigenvalue weighted by atomic mass is 35.5. The maximum atomic E-state index is 13.7. The zero-order valence-corrected chi connectivity index (χ0v) is 20.5. The van der Waals surface area contributed by atoms with Crippen molar-refractivity contribution in [2.75, 3.05) is 32.7 Å². The Kier molecular flexibility index (Phi) is 5.77. The smallest absolute Gasteiger partial charge is 0.253 e. The van der Waals surface area contributed by atoms with Gasteiger partial charge in [0, 0.05) is 61.4 Å². The minimum Gasteiger partial charge on any atom is -0.366 e. The summed E-state index contributed by atoms with van der Waals surface area (Å²) in [6.45, 7) is 4.46. The average Bonchev–Trinajstić information content (AvgIpc) is 3.62. The van der Waals surface area contributed by atoms with E-state index in [1.54, 1.807) is 12.1 Å². The minimum absolute atomic E-state index is 0.0210. The summed E-state index contributed by atoms with van der Waals surface area (Å²) >= 11 is 5.98. The Labute approximate surface area is 213 Å². The number of carbonyl (C=O) groups is 2. The van der Waals surface area contributed by atoms with E-state index in [1.807, 2.05) is 23.1 Å². The molecule has 3 aromatic rings. The minimum atomic E-state index is -0.559. The fourth-order valence-electron chi connectivity index (χ4n) is 5.27. The molecule has 6 nitrogen and oxygen atoms in total. The molecule has 6 rings (SSSR count). The van der Waals surface area contributed by atoms with Gasteiger partial charge < -0.3 is 10.6 Å². The van der Waals surface area contributed by atoms with Gasteiger partial charge in [-0.05, 0) is 66.3 Å². The van der Waals surface area contributed by atoms with Crippen molar-refractivity contribution in [3.8, 4) is 22.5 Å². The summed E-state index contributed by atoms with van der Waals surface area (Å²) in [5.41, 5.74) is 11.0. The van der Waals surface area contributed by atoms with Gasteiger partial charge in [0.05, 0.1) is 16.4 Å². The molecule has 8 heteroatoms. The van der Waals surface area contributed by atoms with E-state index in [2.05, 4.69) is 4.90 Å². The molecule has 0 atom stereocenters. The van der Waals surface area contributed by atoms with Gasteiger partial charge >= 0.3 is 0 Å². The lowest BCUT2D eigenvalue weighted by atomic mass is 10.0. The summed E-state index contributed by atoms with van der Waals surface area (Å²) in [5, 5.41) is -0.0210. The van der Waals surface area contributed by atoms with Gasteiger partial charge in [-0.3, -0.25) is 14.5 Å². The summed E-state index contributed by atoms with van der Waals surface area (Å²) in [6.07, 6.45) is 3.14. The van der Waals surface area contributed by atoms with Crippen molar-refractivity contribution < 1.29 is 14.0 Å². The predicted molar refractivity (Wildman–Crippen MR) is 136 cm³/mol. The number of hydrogen-bond acceptors (Lipinski definition) is 4. The summed E-state index contributed by atoms with van der Waals surface area (Å²) < 4.78 is 13.7. The number of hydrogen-bond donors (Lipinski definition) is 1. The van der Waals surface area contributed by atoms with Crippen molar-refractivity contribution in [3.05, 3.63) is 75.6 Å². The van der Waals surface area contributed by atoms with Gasteiger partial charge in [-0.15, -0.1) is 0 Å². The molecule has 1 saturated carbocycles. The summed E-state index contributed by atoms with van der Waals surface area (Å²) in [5.74, 6) is -0.200. The van der Waals surface area contributed by atoms with Gasteiger partial charge in [-0.1, -0.05) is 17.7 Å². The quantitative estimate of drug-likeness (QED) is 0.437. The average molecular weight is 505 g/mol. The van der Waals surface area contributed by atoms with Crippen molar-refractivity contribution in [3.63, 3.8) is 0 Å². The number of amides is 2. The molecule has 2 N–H and O–H groups in total. The van der Waals surface area contributed by atoms with E-state index >= 15 is 0 Å². The molecule has 1 saturated heterocycles. The number of benzene rings is 2. The van der Waals surface area contributed by atoms with Gasteiger partial charge in [0.2, 0.25) is 5.91 Å². The van der Waals surface area contributed by atoms with Gasteiger partial charge in [-0.2, -0.15) is 0 Å². The van der Waals surface area contributed by atoms with Crippen LogP contribution in [0.25, 0.3) is 22.5 Å². The lowest BCUT2D eigenvalue weighted by molar-refractivity contribution is 0.0632. The van der Waals surface area contributed by atoms with E-state index in [-0.39, 0.29) is 10.9 Å². The Bertz CT molecular complexity index is 1400. The molecular weight excluding hydrogens is 479 g/mol. The van der Waals surface area contributed by atoms with E-state index in [9.17, 15) is 14.0 Å². The third-order valence-corrected chi connectivity index (χ3v) is 7.74. The first-order valence-electron chi connectivity index (χ1n) is 12.3. The zero-order valence-electron chi connectivity index (χ0n) is 19.8. The maximum Gasteiger partial charge on any atom is 0.253 e. The second kappa shape index (κ2) is 8.98. The Balaban J connectivity index is 1.28. The van der Waals surface area contributed by atoms with Crippen LogP contribution in [0.4, 0.5) is 4.39 Å². The van der Waals surface area contributed by atoms with Crippen LogP contribution in [0.1, 0.15) is 44.7 Å². The third kappa shape index (κ3) is 4.27. The number of nitrogens with zero attached hydrogens (tertiary/aromatic N) is 3. The van der Waals surface area contributed by atoms with E-state index < -0.39 is 11.7 Å². The first kappa shape index (κ1) is 23.1. The Morgan fingerprint density at radius 1 is 1.06 bits per heavy atom. The Morgan fingerprint density at radius 2 is 1.83 bits per heavy atom. The topological polar surface area (TPSA) is 79.5 Å². The SMILES string of the molecule is NC(=O)c1cc(-c2ccc(F)c(Cl)c2)nc2c1Cc1cc(C(=O)N3CCN(CC4CC4)CC3)ccc1-2. The van der Waals surface area contributed by atoms with E-state index in [4.69, 9.17) is 22.3 Å². The summed E-state index contributed by atoms with van der Waals surface area (Å²) in [6, 6.07) is 11.6. The van der Waals surface area contributed by atoms with Crippen LogP contribution in [-0.2, 0) is 6.42 Å². The van der Waals surface area contributed by atoms with Gasteiger partial charge in [-0.25, -0.2) is 9.37 Å². The number of rotatable bonds is 5. The lowest BCUT2D eigenvalue weighted by Crippen LogP contribution is -2.49. The standard InChI is InChI=1S/C28H26ClFN4O2/c29-23-13-17(4-6-24(23)30)25-14-22(27(31)35)21-12-19-11-18(3-5-20(19)26(21)32-25)28(36)34-9-7-33(8-10-34)15-16-1-2-16/h3-6,11,13-14,16H,1-2,7-10,12,15H2,(H2,31,35). The molecule has 1 aromatic heterocycles. The van der Waals surface area contributed by atoms with Crippen LogP contribution in [0, 0.1) is 11.7 Å². The number of aromatic nitrogens is 1. The molecule has 0 radical (unpaired) electrons. The fourth-order valence-corrected chi connectivity index (χ4v) is 5.45. The van der Waals surface area contributed by atoms with Crippen LogP contribution in [0.2, 0.25) is 5.02 Å². The van der Waals surface area contributed by atoms with E-state index in [0.717, 1.165) is 55.3 Å². The fraction of sp³-hybridized carbons (Fsp3) is 0.321. The molecular formula is C28H26ClFN4O2. The van der Waals surface area contributed by atoms with Gasteiger partial charge in [0.1, 0.15) is 5.82 Å². The highest BCUT2D eigenvalue weighted by molar-refractivity contribution is 6.31. The molecule has 0 spiro atoms. The Hall–Kier alpha value is -3.29. The van der Waals surface area contributed by atoms with Crippen LogP contribution in [0.3, 0.4) is 0 Å². The van der Waals surface area contributed by atoms with Crippen LogP contribution >= 0.6 is 11.6 Å². The van der Waals surface area contributed by atoms with Crippen molar-refractivity contribution in [1.29, 1.82) is 0 Å². The monoisotopic (exact) mass is 504 g/mol. The molecule has 0 unspecified atom stereocenters. The summed E-state index contributed by atoms with van der Waals surface area (Å²) in [7, 11) is 0. The molecule has 184 valence electrons. The molecule has 1 aliphatic heterocycles. The van der Waals surface area contributed by atoms with E-state index in [0.29, 0.717) is 34.5 Å². The number of nitrogens with two attached hydrogens (primary N) is 1. The number of pyridine rings is 1. The number of carbonyl (C=O) groups excluding carboxylic acids is 2. The van der Waals surface area contributed by atoms with Crippen molar-refractivity contribution >= 4 is 23.4 Å². The van der Waals surface area contributed by atoms with Crippen LogP contribution < -0.4 is 5.73 Å². The molecule has 0 bridgehead atoms. The number of piperazine rings is 1. The van der Waals surface area contributed by atoms with Gasteiger partial charge in [0.15, 0.2) is 0 Å². The third-order valence-electron chi connectivity index (χ3n) is 7.45. The van der Waals surface area contributed by atoms with Crippen LogP contribution in [0.15, 0.2) is 42.5 Å². The zero-order chi connectivity index (χ0) is 25.0. The highest BCUT2D eigenvalue weighted by Crippen LogP contribution is 2.40. The molecule has 2 heterocycles. The highest BCUT2D eigenvalue weighted by Gasteiger charge is 2.30. The van der Waals surface area contributed by atoms with Gasteiger partial charge in [0.25, 0.3) is 5.91 Å². The van der Waals surface area contributed by atoms with Crippen LogP contribution in [0.5, 0.6) is 0 Å². The molecule has 2 aromatic carbocycles. The van der Waals surface area contributed by atoms with Crippen molar-refractivity contribution in [2.45, 2.75) is 19.3 Å². The molecule has 3 aliphatic rings. The first-order chi connectivity index (χ1) is 17.4. The maximum absolute atomic E-state index is 13.7. The summed E-state index contributed by atoms with van der Waals surface area (Å²) in [4.78, 5) is 34.8. The molecule has 2 amide bonds. The van der Waals surface area contributed by atoms with Crippen molar-refractivity contribution in [1.82, 2.24) is 14.8 Å². The Morgan fingerprint density at radius 3 is 2.53 bits per heavy atom. The molecule has 2 aliphatic carbocycles. The predicted octanol–water partition coefficient (Wildman–Crippen LogP) is 4.38. The normalized spacial score (nSPS) is 17.1. The number of primary amides is 1. The first-order valence-corrected chi connectivity index (χ1v) is 12.7. The number of halogens is 2.